The molecule has 20 heavy (non-hydrogen) atoms. The number of aryl methyl sites for hydroxylation is 1. The lowest BCUT2D eigenvalue weighted by molar-refractivity contribution is -0.138. The second kappa shape index (κ2) is 5.20. The molecule has 8 heteroatoms. The largest absolute Gasteiger partial charge is 0.416 e. The Balaban J connectivity index is 2.36. The number of alkyl halides is 3. The van der Waals surface area contributed by atoms with Crippen molar-refractivity contribution in [3.8, 4) is 0 Å². The highest BCUT2D eigenvalue weighted by molar-refractivity contribution is 5.33. The number of benzene rings is 1. The van der Waals surface area contributed by atoms with Crippen LogP contribution in [0.3, 0.4) is 0 Å². The van der Waals surface area contributed by atoms with Gasteiger partial charge in [-0.15, -0.1) is 0 Å². The number of rotatable bonds is 3. The molecule has 0 aliphatic heterocycles. The van der Waals surface area contributed by atoms with E-state index in [4.69, 9.17) is 5.73 Å². The fourth-order valence-corrected chi connectivity index (χ4v) is 1.91. The maximum absolute atomic E-state index is 13.2. The number of hydrogen-bond acceptors (Lipinski definition) is 3. The molecule has 4 nitrogen and oxygen atoms in total. The van der Waals surface area contributed by atoms with Gasteiger partial charge in [-0.1, -0.05) is 0 Å². The van der Waals surface area contributed by atoms with Gasteiger partial charge in [-0.3, -0.25) is 4.68 Å². The molecule has 0 amide bonds. The zero-order valence-corrected chi connectivity index (χ0v) is 10.5. The lowest BCUT2D eigenvalue weighted by Gasteiger charge is -2.18. The van der Waals surface area contributed by atoms with E-state index in [9.17, 15) is 17.6 Å². The molecule has 1 aromatic heterocycles. The quantitative estimate of drug-likeness (QED) is 0.881. The fraction of sp³-hybridized carbons (Fsp3) is 0.333. The third kappa shape index (κ3) is 2.96. The topological polar surface area (TPSA) is 56.7 Å². The third-order valence-corrected chi connectivity index (χ3v) is 2.93. The summed E-state index contributed by atoms with van der Waals surface area (Å²) in [7, 11) is 1.60. The van der Waals surface area contributed by atoms with E-state index in [0.717, 1.165) is 12.1 Å². The molecule has 0 saturated carbocycles. The first kappa shape index (κ1) is 14.4. The van der Waals surface area contributed by atoms with Crippen molar-refractivity contribution in [3.63, 3.8) is 0 Å². The molecular formula is C12H12F4N4. The van der Waals surface area contributed by atoms with Gasteiger partial charge in [0.05, 0.1) is 5.56 Å². The van der Waals surface area contributed by atoms with Crippen LogP contribution in [0, 0.1) is 5.82 Å². The van der Waals surface area contributed by atoms with Crippen LogP contribution in [0.1, 0.15) is 23.0 Å². The molecule has 1 unspecified atom stereocenters. The molecule has 2 rings (SSSR count). The van der Waals surface area contributed by atoms with Gasteiger partial charge in [0.25, 0.3) is 0 Å². The van der Waals surface area contributed by atoms with Crippen molar-refractivity contribution in [1.29, 1.82) is 0 Å². The molecule has 1 atom stereocenters. The molecule has 2 N–H and O–H groups in total. The van der Waals surface area contributed by atoms with Gasteiger partial charge in [0.15, 0.2) is 0 Å². The molecule has 0 saturated heterocycles. The number of hydrogen-bond donors (Lipinski definition) is 1. The van der Waals surface area contributed by atoms with Crippen LogP contribution in [0.25, 0.3) is 0 Å². The standard InChI is InChI=1S/C12H12F4N4/c1-20-11(18-6-19-20)5-10(17)8-4-7(13)2-3-9(8)12(14,15)16/h2-4,6,10H,5,17H2,1H3. The minimum absolute atomic E-state index is 0.0308. The molecule has 0 radical (unpaired) electrons. The smallest absolute Gasteiger partial charge is 0.324 e. The maximum atomic E-state index is 13.2. The second-order valence-corrected chi connectivity index (χ2v) is 4.34. The molecule has 0 spiro atoms. The Hall–Kier alpha value is -1.96. The van der Waals surface area contributed by atoms with Crippen LogP contribution in [0.15, 0.2) is 24.5 Å². The van der Waals surface area contributed by atoms with Crippen LogP contribution in [-0.2, 0) is 19.6 Å². The molecule has 0 bridgehead atoms. The van der Waals surface area contributed by atoms with Crippen molar-refractivity contribution >= 4 is 0 Å². The summed E-state index contributed by atoms with van der Waals surface area (Å²) in [6.45, 7) is 0. The Labute approximate surface area is 112 Å². The Morgan fingerprint density at radius 3 is 2.60 bits per heavy atom. The summed E-state index contributed by atoms with van der Waals surface area (Å²) in [6.07, 6.45) is -3.28. The molecule has 1 aromatic carbocycles. The first-order chi connectivity index (χ1) is 9.29. The van der Waals surface area contributed by atoms with Crippen molar-refractivity contribution in [3.05, 3.63) is 47.3 Å². The van der Waals surface area contributed by atoms with E-state index in [2.05, 4.69) is 10.1 Å². The van der Waals surface area contributed by atoms with Gasteiger partial charge in [0.2, 0.25) is 0 Å². The van der Waals surface area contributed by atoms with Crippen LogP contribution in [0.5, 0.6) is 0 Å². The zero-order valence-electron chi connectivity index (χ0n) is 10.5. The van der Waals surface area contributed by atoms with Gasteiger partial charge in [0, 0.05) is 19.5 Å². The van der Waals surface area contributed by atoms with Crippen LogP contribution >= 0.6 is 0 Å². The van der Waals surface area contributed by atoms with E-state index in [1.54, 1.807) is 7.05 Å². The van der Waals surface area contributed by atoms with Gasteiger partial charge < -0.3 is 5.73 Å². The second-order valence-electron chi connectivity index (χ2n) is 4.34. The highest BCUT2D eigenvalue weighted by Gasteiger charge is 2.35. The molecule has 0 fully saturated rings. The van der Waals surface area contributed by atoms with Crippen molar-refractivity contribution < 1.29 is 17.6 Å². The SMILES string of the molecule is Cn1ncnc1CC(N)c1cc(F)ccc1C(F)(F)F. The van der Waals surface area contributed by atoms with Gasteiger partial charge in [0.1, 0.15) is 18.0 Å². The van der Waals surface area contributed by atoms with Crippen LogP contribution in [0.2, 0.25) is 0 Å². The van der Waals surface area contributed by atoms with Crippen LogP contribution in [-0.4, -0.2) is 14.8 Å². The lowest BCUT2D eigenvalue weighted by atomic mass is 9.97. The molecule has 0 aliphatic carbocycles. The van der Waals surface area contributed by atoms with E-state index in [1.165, 1.54) is 11.0 Å². The molecule has 2 aromatic rings. The summed E-state index contributed by atoms with van der Waals surface area (Å²) < 4.78 is 53.3. The summed E-state index contributed by atoms with van der Waals surface area (Å²) in [5.41, 5.74) is 4.55. The Kier molecular flexibility index (Phi) is 3.76. The van der Waals surface area contributed by atoms with Gasteiger partial charge >= 0.3 is 6.18 Å². The summed E-state index contributed by atoms with van der Waals surface area (Å²) in [5, 5.41) is 3.81. The average Bonchev–Trinajstić information content (AvgIpc) is 2.73. The fourth-order valence-electron chi connectivity index (χ4n) is 1.91. The summed E-state index contributed by atoms with van der Waals surface area (Å²) in [4.78, 5) is 3.89. The van der Waals surface area contributed by atoms with E-state index in [0.29, 0.717) is 11.9 Å². The normalized spacial score (nSPS) is 13.5. The third-order valence-electron chi connectivity index (χ3n) is 2.93. The summed E-state index contributed by atoms with van der Waals surface area (Å²) >= 11 is 0. The number of halogens is 4. The minimum Gasteiger partial charge on any atom is -0.324 e. The molecule has 108 valence electrons. The molecule has 1 heterocycles. The van der Waals surface area contributed by atoms with Gasteiger partial charge in [-0.25, -0.2) is 9.37 Å². The zero-order chi connectivity index (χ0) is 14.9. The number of nitrogens with zero attached hydrogens (tertiary/aromatic N) is 3. The Morgan fingerprint density at radius 2 is 2.05 bits per heavy atom. The molecule has 0 aliphatic rings. The van der Waals surface area contributed by atoms with Crippen molar-refractivity contribution in [2.75, 3.05) is 0 Å². The first-order valence-electron chi connectivity index (χ1n) is 5.74. The van der Waals surface area contributed by atoms with E-state index in [1.807, 2.05) is 0 Å². The highest BCUT2D eigenvalue weighted by atomic mass is 19.4. The maximum Gasteiger partial charge on any atom is 0.416 e. The van der Waals surface area contributed by atoms with Crippen LogP contribution in [0.4, 0.5) is 17.6 Å². The minimum atomic E-state index is -4.58. The van der Waals surface area contributed by atoms with E-state index in [-0.39, 0.29) is 12.0 Å². The van der Waals surface area contributed by atoms with Crippen molar-refractivity contribution in [1.82, 2.24) is 14.8 Å². The summed E-state index contributed by atoms with van der Waals surface area (Å²) in [6, 6.07) is 1.25. The van der Waals surface area contributed by atoms with Gasteiger partial charge in [-0.2, -0.15) is 18.3 Å². The van der Waals surface area contributed by atoms with E-state index < -0.39 is 23.6 Å². The predicted octanol–water partition coefficient (Wildman–Crippen LogP) is 2.22. The van der Waals surface area contributed by atoms with Gasteiger partial charge in [-0.05, 0) is 23.8 Å². The monoisotopic (exact) mass is 288 g/mol. The number of aromatic nitrogens is 3. The summed E-state index contributed by atoms with van der Waals surface area (Å²) in [5.74, 6) is -0.337. The average molecular weight is 288 g/mol. The molecular weight excluding hydrogens is 276 g/mol. The Morgan fingerprint density at radius 1 is 1.35 bits per heavy atom. The highest BCUT2D eigenvalue weighted by Crippen LogP contribution is 2.35. The Bertz CT molecular complexity index is 606. The number of nitrogens with two attached hydrogens (primary N) is 1. The first-order valence-corrected chi connectivity index (χ1v) is 5.74. The van der Waals surface area contributed by atoms with Crippen LogP contribution < -0.4 is 5.73 Å². The predicted molar refractivity (Wildman–Crippen MR) is 63.0 cm³/mol. The van der Waals surface area contributed by atoms with E-state index >= 15 is 0 Å². The lowest BCUT2D eigenvalue weighted by Crippen LogP contribution is -2.21. The van der Waals surface area contributed by atoms with Crippen molar-refractivity contribution in [2.45, 2.75) is 18.6 Å². The van der Waals surface area contributed by atoms with Crippen molar-refractivity contribution in [2.24, 2.45) is 12.8 Å².